The molecule has 2 aliphatic heterocycles. The highest BCUT2D eigenvalue weighted by molar-refractivity contribution is 7.89. The second-order valence-corrected chi connectivity index (χ2v) is 12.5. The Labute approximate surface area is 235 Å². The summed E-state index contributed by atoms with van der Waals surface area (Å²) in [6, 6.07) is 11.5. The molecular weight excluding hydrogens is 540 g/mol. The maximum atomic E-state index is 13.6. The number of carbonyl (C=O) groups excluding carboxylic acids is 1. The van der Waals surface area contributed by atoms with E-state index >= 15 is 0 Å². The number of benzene rings is 2. The van der Waals surface area contributed by atoms with Gasteiger partial charge in [0.05, 0.1) is 43.3 Å². The lowest BCUT2D eigenvalue weighted by Gasteiger charge is -2.31. The molecule has 220 valence electrons. The van der Waals surface area contributed by atoms with Crippen LogP contribution in [0.1, 0.15) is 25.8 Å². The third kappa shape index (κ3) is 7.43. The summed E-state index contributed by atoms with van der Waals surface area (Å²) in [6.07, 6.45) is -2.00. The molecule has 2 aromatic carbocycles. The van der Waals surface area contributed by atoms with Gasteiger partial charge in [0, 0.05) is 13.1 Å². The van der Waals surface area contributed by atoms with Crippen molar-refractivity contribution in [1.82, 2.24) is 9.62 Å². The average molecular weight is 579 g/mol. The summed E-state index contributed by atoms with van der Waals surface area (Å²) < 4.78 is 50.2. The molecule has 5 atom stereocenters. The van der Waals surface area contributed by atoms with Crippen molar-refractivity contribution in [1.29, 1.82) is 0 Å². The van der Waals surface area contributed by atoms with Gasteiger partial charge in [-0.25, -0.2) is 13.2 Å². The zero-order chi connectivity index (χ0) is 28.9. The summed E-state index contributed by atoms with van der Waals surface area (Å²) in [7, 11) is -2.48. The van der Waals surface area contributed by atoms with E-state index in [0.29, 0.717) is 12.4 Å². The Kier molecular flexibility index (Phi) is 9.90. The van der Waals surface area contributed by atoms with Crippen molar-refractivity contribution in [2.45, 2.75) is 56.1 Å². The number of carbonyl (C=O) groups is 1. The number of sulfonamides is 1. The molecule has 0 saturated carbocycles. The average Bonchev–Trinajstić information content (AvgIpc) is 3.54. The number of aliphatic hydroxyl groups is 1. The number of rotatable bonds is 12. The number of nitrogens with one attached hydrogen (secondary N) is 1. The summed E-state index contributed by atoms with van der Waals surface area (Å²) in [5, 5.41) is 23.8. The van der Waals surface area contributed by atoms with E-state index in [-0.39, 0.29) is 54.9 Å². The van der Waals surface area contributed by atoms with Gasteiger partial charge >= 0.3 is 6.09 Å². The van der Waals surface area contributed by atoms with Crippen LogP contribution < -0.4 is 10.1 Å². The molecule has 0 spiro atoms. The Morgan fingerprint density at radius 2 is 1.80 bits per heavy atom. The first-order valence-corrected chi connectivity index (χ1v) is 14.8. The van der Waals surface area contributed by atoms with Crippen LogP contribution in [0.15, 0.2) is 53.4 Å². The van der Waals surface area contributed by atoms with Gasteiger partial charge in [-0.2, -0.15) is 4.31 Å². The Morgan fingerprint density at radius 3 is 2.45 bits per heavy atom. The van der Waals surface area contributed by atoms with Crippen molar-refractivity contribution in [2.75, 3.05) is 33.4 Å². The highest BCUT2D eigenvalue weighted by Gasteiger charge is 2.44. The molecule has 0 radical (unpaired) electrons. The van der Waals surface area contributed by atoms with Gasteiger partial charge in [-0.15, -0.1) is 0 Å². The number of nitrogens with zero attached hydrogens (tertiary/aromatic N) is 1. The van der Waals surface area contributed by atoms with E-state index in [1.165, 1.54) is 35.7 Å². The van der Waals surface area contributed by atoms with Crippen molar-refractivity contribution < 1.29 is 42.4 Å². The second kappa shape index (κ2) is 13.2. The number of phenols is 1. The van der Waals surface area contributed by atoms with Crippen molar-refractivity contribution in [2.24, 2.45) is 11.8 Å². The SMILES string of the molecule is COc1ccc(S(=O)(=O)N(CC(C)C)C[C@@H](O)[C@H](Cc2ccc(O)cc2)NC(=O)OC2CO[C@H]3OCC[C@@H]23)cc1. The number of aromatic hydroxyl groups is 1. The fourth-order valence-electron chi connectivity index (χ4n) is 4.95. The zero-order valence-corrected chi connectivity index (χ0v) is 23.7. The number of hydrogen-bond acceptors (Lipinski definition) is 9. The largest absolute Gasteiger partial charge is 0.508 e. The minimum Gasteiger partial charge on any atom is -0.508 e. The summed E-state index contributed by atoms with van der Waals surface area (Å²) in [5.41, 5.74) is 0.726. The third-order valence-corrected chi connectivity index (χ3v) is 8.91. The van der Waals surface area contributed by atoms with Gasteiger partial charge in [-0.1, -0.05) is 26.0 Å². The molecule has 0 bridgehead atoms. The van der Waals surface area contributed by atoms with Crippen LogP contribution in [0.3, 0.4) is 0 Å². The van der Waals surface area contributed by atoms with Crippen LogP contribution in [0.25, 0.3) is 0 Å². The van der Waals surface area contributed by atoms with Gasteiger partial charge in [-0.05, 0) is 60.7 Å². The van der Waals surface area contributed by atoms with E-state index in [9.17, 15) is 23.4 Å². The van der Waals surface area contributed by atoms with Crippen LogP contribution in [-0.4, -0.2) is 87.0 Å². The molecule has 40 heavy (non-hydrogen) atoms. The lowest BCUT2D eigenvalue weighted by atomic mass is 10.0. The number of aliphatic hydroxyl groups excluding tert-OH is 1. The molecule has 12 heteroatoms. The van der Waals surface area contributed by atoms with Gasteiger partial charge < -0.3 is 34.5 Å². The topological polar surface area (TPSA) is 144 Å². The lowest BCUT2D eigenvalue weighted by molar-refractivity contribution is -0.0907. The molecule has 1 unspecified atom stereocenters. The number of alkyl carbamates (subject to hydrolysis) is 1. The smallest absolute Gasteiger partial charge is 0.407 e. The van der Waals surface area contributed by atoms with Crippen molar-refractivity contribution in [3.63, 3.8) is 0 Å². The first-order valence-electron chi connectivity index (χ1n) is 13.4. The number of phenolic OH excluding ortho intramolecular Hbond substituents is 1. The molecule has 1 amide bonds. The first kappa shape index (κ1) is 30.1. The lowest BCUT2D eigenvalue weighted by Crippen LogP contribution is -2.51. The van der Waals surface area contributed by atoms with E-state index in [2.05, 4.69) is 5.32 Å². The first-order chi connectivity index (χ1) is 19.1. The summed E-state index contributed by atoms with van der Waals surface area (Å²) in [6.45, 7) is 4.42. The van der Waals surface area contributed by atoms with Crippen LogP contribution in [0, 0.1) is 11.8 Å². The Morgan fingerprint density at radius 1 is 1.10 bits per heavy atom. The standard InChI is InChI=1S/C28H38N2O9S/c1-18(2)15-30(40(34,35)22-10-8-21(36-3)9-11-22)16-25(32)24(14-19-4-6-20(31)7-5-19)29-28(33)39-26-17-38-27-23(26)12-13-37-27/h4-11,18,23-27,31-32H,12-17H2,1-3H3,(H,29,33)/t23-,24-,25+,26?,27+/m0/s1. The zero-order valence-electron chi connectivity index (χ0n) is 22.9. The molecule has 2 heterocycles. The Bertz CT molecular complexity index is 1220. The minimum atomic E-state index is -3.97. The predicted molar refractivity (Wildman–Crippen MR) is 145 cm³/mol. The number of fused-ring (bicyclic) bond motifs is 1. The summed E-state index contributed by atoms with van der Waals surface area (Å²) in [4.78, 5) is 13.0. The molecule has 0 aromatic heterocycles. The van der Waals surface area contributed by atoms with Gasteiger partial charge in [-0.3, -0.25) is 0 Å². The number of amides is 1. The van der Waals surface area contributed by atoms with E-state index in [0.717, 1.165) is 12.0 Å². The fraction of sp³-hybridized carbons (Fsp3) is 0.536. The minimum absolute atomic E-state index is 0.0300. The van der Waals surface area contributed by atoms with Crippen LogP contribution in [-0.2, 0) is 30.7 Å². The quantitative estimate of drug-likeness (QED) is 0.346. The van der Waals surface area contributed by atoms with Gasteiger partial charge in [0.1, 0.15) is 17.6 Å². The molecule has 2 aromatic rings. The highest BCUT2D eigenvalue weighted by Crippen LogP contribution is 2.33. The van der Waals surface area contributed by atoms with Gasteiger partial charge in [0.25, 0.3) is 0 Å². The van der Waals surface area contributed by atoms with Crippen molar-refractivity contribution in [3.05, 3.63) is 54.1 Å². The van der Waals surface area contributed by atoms with E-state index in [4.69, 9.17) is 18.9 Å². The normalized spacial score (nSPS) is 22.2. The van der Waals surface area contributed by atoms with Gasteiger partial charge in [0.15, 0.2) is 6.29 Å². The van der Waals surface area contributed by atoms with Crippen molar-refractivity contribution >= 4 is 16.1 Å². The molecule has 3 N–H and O–H groups in total. The molecular formula is C28H38N2O9S. The molecule has 11 nitrogen and oxygen atoms in total. The van der Waals surface area contributed by atoms with Crippen LogP contribution in [0.5, 0.6) is 11.5 Å². The fourth-order valence-corrected chi connectivity index (χ4v) is 6.57. The Balaban J connectivity index is 1.52. The second-order valence-electron chi connectivity index (χ2n) is 10.5. The van der Waals surface area contributed by atoms with Crippen LogP contribution in [0.2, 0.25) is 0 Å². The maximum Gasteiger partial charge on any atom is 0.407 e. The van der Waals surface area contributed by atoms with Gasteiger partial charge in [0.2, 0.25) is 10.0 Å². The van der Waals surface area contributed by atoms with E-state index in [1.807, 2.05) is 13.8 Å². The van der Waals surface area contributed by atoms with Crippen LogP contribution in [0.4, 0.5) is 4.79 Å². The van der Waals surface area contributed by atoms with E-state index in [1.54, 1.807) is 24.3 Å². The third-order valence-electron chi connectivity index (χ3n) is 7.06. The number of hydrogen-bond donors (Lipinski definition) is 3. The summed E-state index contributed by atoms with van der Waals surface area (Å²) >= 11 is 0. The molecule has 4 rings (SSSR count). The molecule has 2 saturated heterocycles. The van der Waals surface area contributed by atoms with Crippen molar-refractivity contribution in [3.8, 4) is 11.5 Å². The summed E-state index contributed by atoms with van der Waals surface area (Å²) in [5.74, 6) is 0.519. The highest BCUT2D eigenvalue weighted by atomic mass is 32.2. The maximum absolute atomic E-state index is 13.6. The molecule has 2 aliphatic rings. The molecule has 2 fully saturated rings. The number of ether oxygens (including phenoxy) is 4. The van der Waals surface area contributed by atoms with Crippen LogP contribution >= 0.6 is 0 Å². The van der Waals surface area contributed by atoms with E-state index < -0.39 is 34.4 Å². The predicted octanol–water partition coefficient (Wildman–Crippen LogP) is 2.51. The molecule has 0 aliphatic carbocycles. The monoisotopic (exact) mass is 578 g/mol. The Hall–Kier alpha value is -2.90. The number of methoxy groups -OCH3 is 1.